The third kappa shape index (κ3) is 5.24. The number of halogens is 1. The molecule has 0 unspecified atom stereocenters. The molecule has 0 spiro atoms. The van der Waals surface area contributed by atoms with Crippen LogP contribution in [0.1, 0.15) is 75.2 Å². The van der Waals surface area contributed by atoms with Crippen molar-refractivity contribution in [1.82, 2.24) is 34.7 Å². The second-order valence-electron chi connectivity index (χ2n) is 11.7. The van der Waals surface area contributed by atoms with Crippen molar-refractivity contribution in [2.45, 2.75) is 64.0 Å². The Morgan fingerprint density at radius 3 is 2.65 bits per heavy atom. The van der Waals surface area contributed by atoms with Gasteiger partial charge in [0, 0.05) is 40.9 Å². The molecule has 4 aromatic rings. The van der Waals surface area contributed by atoms with E-state index < -0.39 is 0 Å². The number of benzene rings is 1. The highest BCUT2D eigenvalue weighted by Crippen LogP contribution is 2.40. The summed E-state index contributed by atoms with van der Waals surface area (Å²) < 4.78 is 3.74. The Morgan fingerprint density at radius 2 is 1.88 bits per heavy atom. The van der Waals surface area contributed by atoms with Crippen LogP contribution in [0.5, 0.6) is 0 Å². The monoisotopic (exact) mass is 596 g/mol. The number of fused-ring (bicyclic) bond motifs is 4. The molecule has 3 aromatic heterocycles. The zero-order valence-electron chi connectivity index (χ0n) is 24.0. The van der Waals surface area contributed by atoms with Crippen molar-refractivity contribution in [3.05, 3.63) is 77.5 Å². The summed E-state index contributed by atoms with van der Waals surface area (Å²) in [4.78, 5) is 33.8. The lowest BCUT2D eigenvalue weighted by Gasteiger charge is -2.35. The predicted molar refractivity (Wildman–Crippen MR) is 163 cm³/mol. The first-order valence-corrected chi connectivity index (χ1v) is 15.4. The molecule has 2 atom stereocenters. The van der Waals surface area contributed by atoms with Gasteiger partial charge in [-0.1, -0.05) is 30.2 Å². The number of nitrogens with one attached hydrogen (secondary N) is 1. The Labute approximate surface area is 254 Å². The molecule has 0 saturated heterocycles. The number of pyridine rings is 1. The number of hydrogen-bond acceptors (Lipinski definition) is 6. The summed E-state index contributed by atoms with van der Waals surface area (Å²) in [5.41, 5.74) is 6.01. The molecule has 43 heavy (non-hydrogen) atoms. The van der Waals surface area contributed by atoms with Gasteiger partial charge in [-0.2, -0.15) is 5.10 Å². The van der Waals surface area contributed by atoms with E-state index in [4.69, 9.17) is 21.7 Å². The minimum Gasteiger partial charge on any atom is -0.330 e. The van der Waals surface area contributed by atoms with Gasteiger partial charge in [0.1, 0.15) is 0 Å². The second-order valence-corrected chi connectivity index (χ2v) is 12.1. The molecule has 1 aromatic carbocycles. The van der Waals surface area contributed by atoms with E-state index in [1.165, 1.54) is 6.42 Å². The molecule has 0 radical (unpaired) electrons. The van der Waals surface area contributed by atoms with Gasteiger partial charge in [0.15, 0.2) is 0 Å². The topological polar surface area (TPSA) is 111 Å². The fourth-order valence-corrected chi connectivity index (χ4v) is 6.55. The fourth-order valence-electron chi connectivity index (χ4n) is 6.37. The van der Waals surface area contributed by atoms with E-state index in [1.54, 1.807) is 29.3 Å². The fraction of sp³-hybridized carbons (Fsp3) is 0.375. The largest absolute Gasteiger partial charge is 0.330 e. The van der Waals surface area contributed by atoms with Crippen molar-refractivity contribution in [2.24, 2.45) is 5.92 Å². The SMILES string of the molecule is C[C@@H]1CCC[C@H](N2CCC(c3cc(Cl)ccc3-n3ccnn3)=CC2=O)c2cc(ccn2)-c2c(cnn2C2CCC2)NC1=O. The highest BCUT2D eigenvalue weighted by molar-refractivity contribution is 6.30. The number of anilines is 1. The van der Waals surface area contributed by atoms with Crippen LogP contribution in [0, 0.1) is 5.92 Å². The Morgan fingerprint density at radius 1 is 1.02 bits per heavy atom. The Bertz CT molecular complexity index is 1710. The normalized spacial score (nSPS) is 21.3. The Balaban J connectivity index is 1.25. The van der Waals surface area contributed by atoms with Crippen LogP contribution in [0.25, 0.3) is 22.5 Å². The van der Waals surface area contributed by atoms with E-state index in [1.807, 2.05) is 42.3 Å². The van der Waals surface area contributed by atoms with Crippen molar-refractivity contribution in [3.8, 4) is 16.9 Å². The summed E-state index contributed by atoms with van der Waals surface area (Å²) in [6.07, 6.45) is 14.9. The maximum atomic E-state index is 13.9. The highest BCUT2D eigenvalue weighted by Gasteiger charge is 2.32. The van der Waals surface area contributed by atoms with Gasteiger partial charge in [0.25, 0.3) is 0 Å². The van der Waals surface area contributed by atoms with Gasteiger partial charge in [0.2, 0.25) is 11.8 Å². The summed E-state index contributed by atoms with van der Waals surface area (Å²) in [5, 5.41) is 16.5. The number of amides is 2. The minimum atomic E-state index is -0.224. The molecule has 7 rings (SSSR count). The average Bonchev–Trinajstić information content (AvgIpc) is 3.65. The number of hydrogen-bond donors (Lipinski definition) is 1. The molecule has 2 aliphatic heterocycles. The minimum absolute atomic E-state index is 0.00727. The second kappa shape index (κ2) is 11.4. The third-order valence-electron chi connectivity index (χ3n) is 8.99. The van der Waals surface area contributed by atoms with Crippen molar-refractivity contribution >= 4 is 34.7 Å². The molecule has 1 aliphatic carbocycles. The molecule has 1 N–H and O–H groups in total. The summed E-state index contributed by atoms with van der Waals surface area (Å²) in [5.74, 6) is -0.249. The molecule has 10 nitrogen and oxygen atoms in total. The van der Waals surface area contributed by atoms with Crippen molar-refractivity contribution in [2.75, 3.05) is 11.9 Å². The van der Waals surface area contributed by atoms with Gasteiger partial charge in [-0.25, -0.2) is 4.68 Å². The first-order valence-electron chi connectivity index (χ1n) is 15.0. The van der Waals surface area contributed by atoms with Crippen molar-refractivity contribution < 1.29 is 9.59 Å². The van der Waals surface area contributed by atoms with Crippen LogP contribution >= 0.6 is 11.6 Å². The number of aromatic nitrogens is 6. The molecule has 5 heterocycles. The van der Waals surface area contributed by atoms with Crippen LogP contribution in [0.4, 0.5) is 5.69 Å². The Hall–Kier alpha value is -4.31. The number of rotatable bonds is 4. The highest BCUT2D eigenvalue weighted by atomic mass is 35.5. The van der Waals surface area contributed by atoms with Crippen LogP contribution in [0.3, 0.4) is 0 Å². The van der Waals surface area contributed by atoms with Crippen LogP contribution < -0.4 is 5.32 Å². The smallest absolute Gasteiger partial charge is 0.247 e. The molecule has 2 bridgehead atoms. The zero-order chi connectivity index (χ0) is 29.5. The van der Waals surface area contributed by atoms with Gasteiger partial charge in [-0.05, 0) is 74.4 Å². The van der Waals surface area contributed by atoms with Crippen LogP contribution in [-0.4, -0.2) is 53.0 Å². The van der Waals surface area contributed by atoms with Gasteiger partial charge >= 0.3 is 0 Å². The lowest BCUT2D eigenvalue weighted by Crippen LogP contribution is -2.38. The number of carbonyl (C=O) groups excluding carboxylic acids is 2. The third-order valence-corrected chi connectivity index (χ3v) is 9.22. The van der Waals surface area contributed by atoms with Gasteiger partial charge in [-0.3, -0.25) is 19.3 Å². The maximum absolute atomic E-state index is 13.9. The number of nitrogens with zero attached hydrogens (tertiary/aromatic N) is 7. The van der Waals surface area contributed by atoms with E-state index in [0.717, 1.165) is 58.7 Å². The summed E-state index contributed by atoms with van der Waals surface area (Å²) in [7, 11) is 0. The predicted octanol–water partition coefficient (Wildman–Crippen LogP) is 6.02. The molecule has 220 valence electrons. The van der Waals surface area contributed by atoms with E-state index in [2.05, 4.69) is 26.4 Å². The first-order chi connectivity index (χ1) is 21.0. The zero-order valence-corrected chi connectivity index (χ0v) is 24.7. The van der Waals surface area contributed by atoms with Crippen LogP contribution in [-0.2, 0) is 9.59 Å². The summed E-state index contributed by atoms with van der Waals surface area (Å²) >= 11 is 6.39. The molecular formula is C32H33ClN8O2. The average molecular weight is 597 g/mol. The standard InChI is InChI=1S/C32H33ClN8O2/c1-20-4-2-7-29(26-16-22(10-12-34-26)31-27(37-32(20)43)19-36-41(31)24-5-3-6-24)39-14-11-21(17-30(39)42)25-18-23(33)8-9-28(25)40-15-13-35-38-40/h8-10,12-13,15-20,24,29H,2-7,11,14H2,1H3,(H,37,43)/t20-,29+/m1/s1. The van der Waals surface area contributed by atoms with Crippen LogP contribution in [0.15, 0.2) is 61.2 Å². The maximum Gasteiger partial charge on any atom is 0.247 e. The van der Waals surface area contributed by atoms with Crippen LogP contribution in [0.2, 0.25) is 5.02 Å². The van der Waals surface area contributed by atoms with E-state index >= 15 is 0 Å². The van der Waals surface area contributed by atoms with Crippen molar-refractivity contribution in [3.63, 3.8) is 0 Å². The number of carbonyl (C=O) groups is 2. The van der Waals surface area contributed by atoms with E-state index in [0.29, 0.717) is 36.9 Å². The molecule has 1 fully saturated rings. The van der Waals surface area contributed by atoms with E-state index in [9.17, 15) is 9.59 Å². The molecular weight excluding hydrogens is 564 g/mol. The summed E-state index contributed by atoms with van der Waals surface area (Å²) in [6.45, 7) is 2.49. The lowest BCUT2D eigenvalue weighted by molar-refractivity contribution is -0.129. The van der Waals surface area contributed by atoms with Gasteiger partial charge in [0.05, 0.1) is 53.4 Å². The molecule has 3 aliphatic rings. The molecule has 2 amide bonds. The first kappa shape index (κ1) is 27.5. The molecule has 11 heteroatoms. The van der Waals surface area contributed by atoms with Crippen molar-refractivity contribution in [1.29, 1.82) is 0 Å². The van der Waals surface area contributed by atoms with Gasteiger partial charge in [-0.15, -0.1) is 5.10 Å². The van der Waals surface area contributed by atoms with Gasteiger partial charge < -0.3 is 10.2 Å². The molecule has 1 saturated carbocycles. The quantitative estimate of drug-likeness (QED) is 0.308. The lowest BCUT2D eigenvalue weighted by atomic mass is 9.92. The Kier molecular flexibility index (Phi) is 7.30. The van der Waals surface area contributed by atoms with E-state index in [-0.39, 0.29) is 23.8 Å². The summed E-state index contributed by atoms with van der Waals surface area (Å²) in [6, 6.07) is 9.72.